The maximum Gasteiger partial charge on any atom is 0.138 e. The Bertz CT molecular complexity index is 436. The molecule has 1 aromatic rings. The Hall–Kier alpha value is -1.32. The fourth-order valence-corrected chi connectivity index (χ4v) is 2.63. The molecule has 0 saturated carbocycles. The van der Waals surface area contributed by atoms with Crippen LogP contribution >= 0.6 is 0 Å². The van der Waals surface area contributed by atoms with Crippen LogP contribution in [0.25, 0.3) is 0 Å². The second kappa shape index (κ2) is 5.35. The lowest BCUT2D eigenvalue weighted by Crippen LogP contribution is -2.24. The molecule has 106 valence electrons. The van der Waals surface area contributed by atoms with Gasteiger partial charge in [-0.1, -0.05) is 34.1 Å². The molecular weight excluding hydrogens is 236 g/mol. The lowest BCUT2D eigenvalue weighted by molar-refractivity contribution is 0.528. The predicted molar refractivity (Wildman–Crippen MR) is 80.4 cm³/mol. The minimum absolute atomic E-state index is 0.0628. The van der Waals surface area contributed by atoms with E-state index in [-0.39, 0.29) is 5.41 Å². The Labute approximate surface area is 116 Å². The van der Waals surface area contributed by atoms with Crippen molar-refractivity contribution in [3.8, 4) is 0 Å². The number of nitrogens with zero attached hydrogens (tertiary/aromatic N) is 3. The van der Waals surface area contributed by atoms with E-state index in [0.717, 1.165) is 30.6 Å². The summed E-state index contributed by atoms with van der Waals surface area (Å²) in [6.45, 7) is 10.8. The summed E-state index contributed by atoms with van der Waals surface area (Å²) in [5.41, 5.74) is 5.88. The van der Waals surface area contributed by atoms with Gasteiger partial charge in [0.25, 0.3) is 0 Å². The summed E-state index contributed by atoms with van der Waals surface area (Å²) in [7, 11) is 0. The van der Waals surface area contributed by atoms with Crippen molar-refractivity contribution in [1.29, 1.82) is 0 Å². The van der Waals surface area contributed by atoms with E-state index in [9.17, 15) is 0 Å². The summed E-state index contributed by atoms with van der Waals surface area (Å²) in [5, 5.41) is 0. The Kier molecular flexibility index (Phi) is 3.97. The molecule has 2 heterocycles. The van der Waals surface area contributed by atoms with E-state index in [1.54, 1.807) is 0 Å². The SMILES string of the molecule is CCCC1CCN(c2cc(N)nc(C(C)(C)C)n2)C1. The molecule has 0 radical (unpaired) electrons. The van der Waals surface area contributed by atoms with Crippen LogP contribution in [0.15, 0.2) is 6.07 Å². The largest absolute Gasteiger partial charge is 0.384 e. The van der Waals surface area contributed by atoms with Crippen molar-refractivity contribution in [2.75, 3.05) is 23.7 Å². The van der Waals surface area contributed by atoms with Crippen LogP contribution < -0.4 is 10.6 Å². The van der Waals surface area contributed by atoms with Crippen molar-refractivity contribution < 1.29 is 0 Å². The summed E-state index contributed by atoms with van der Waals surface area (Å²) in [5.74, 6) is 3.21. The summed E-state index contributed by atoms with van der Waals surface area (Å²) >= 11 is 0. The Balaban J connectivity index is 2.19. The number of nitrogen functional groups attached to an aromatic ring is 1. The third-order valence-corrected chi connectivity index (χ3v) is 3.71. The van der Waals surface area contributed by atoms with Gasteiger partial charge < -0.3 is 10.6 Å². The smallest absolute Gasteiger partial charge is 0.138 e. The van der Waals surface area contributed by atoms with Gasteiger partial charge in [0.2, 0.25) is 0 Å². The molecule has 1 aliphatic rings. The summed E-state index contributed by atoms with van der Waals surface area (Å²) in [4.78, 5) is 11.4. The van der Waals surface area contributed by atoms with Crippen molar-refractivity contribution >= 4 is 11.6 Å². The molecule has 1 unspecified atom stereocenters. The molecule has 2 rings (SSSR count). The highest BCUT2D eigenvalue weighted by molar-refractivity contribution is 5.48. The topological polar surface area (TPSA) is 55.0 Å². The van der Waals surface area contributed by atoms with Gasteiger partial charge in [-0.05, 0) is 18.8 Å². The fourth-order valence-electron chi connectivity index (χ4n) is 2.63. The maximum atomic E-state index is 5.94. The van der Waals surface area contributed by atoms with Gasteiger partial charge in [0.1, 0.15) is 17.5 Å². The highest BCUT2D eigenvalue weighted by Gasteiger charge is 2.25. The van der Waals surface area contributed by atoms with Crippen LogP contribution in [0.3, 0.4) is 0 Å². The highest BCUT2D eigenvalue weighted by atomic mass is 15.2. The number of hydrogen-bond donors (Lipinski definition) is 1. The lowest BCUT2D eigenvalue weighted by Gasteiger charge is -2.22. The third kappa shape index (κ3) is 3.37. The van der Waals surface area contributed by atoms with Crippen LogP contribution in [0, 0.1) is 5.92 Å². The molecule has 2 N–H and O–H groups in total. The van der Waals surface area contributed by atoms with Crippen LogP contribution in [0.4, 0.5) is 11.6 Å². The van der Waals surface area contributed by atoms with E-state index in [1.807, 2.05) is 6.07 Å². The van der Waals surface area contributed by atoms with Gasteiger partial charge in [0, 0.05) is 24.6 Å². The van der Waals surface area contributed by atoms with Crippen LogP contribution in [0.2, 0.25) is 0 Å². The molecule has 1 aromatic heterocycles. The molecule has 1 atom stereocenters. The van der Waals surface area contributed by atoms with Gasteiger partial charge in [-0.3, -0.25) is 0 Å². The van der Waals surface area contributed by atoms with Crippen LogP contribution in [-0.4, -0.2) is 23.1 Å². The van der Waals surface area contributed by atoms with Crippen molar-refractivity contribution in [2.24, 2.45) is 5.92 Å². The Morgan fingerprint density at radius 1 is 1.37 bits per heavy atom. The van der Waals surface area contributed by atoms with Crippen LogP contribution in [0.1, 0.15) is 52.8 Å². The van der Waals surface area contributed by atoms with Gasteiger partial charge >= 0.3 is 0 Å². The average Bonchev–Trinajstić information content (AvgIpc) is 2.76. The number of nitrogens with two attached hydrogens (primary N) is 1. The molecule has 0 amide bonds. The molecule has 4 heteroatoms. The summed E-state index contributed by atoms with van der Waals surface area (Å²) in [6, 6.07) is 1.91. The van der Waals surface area contributed by atoms with Crippen molar-refractivity contribution in [3.05, 3.63) is 11.9 Å². The first kappa shape index (κ1) is 14.1. The zero-order valence-electron chi connectivity index (χ0n) is 12.6. The molecule has 1 aliphatic heterocycles. The minimum Gasteiger partial charge on any atom is -0.384 e. The van der Waals surface area contributed by atoms with Gasteiger partial charge in [-0.2, -0.15) is 0 Å². The predicted octanol–water partition coefficient (Wildman–Crippen LogP) is 2.98. The van der Waals surface area contributed by atoms with Crippen LogP contribution in [-0.2, 0) is 5.41 Å². The zero-order valence-corrected chi connectivity index (χ0v) is 12.6. The summed E-state index contributed by atoms with van der Waals surface area (Å²) < 4.78 is 0. The minimum atomic E-state index is -0.0628. The quantitative estimate of drug-likeness (QED) is 0.910. The molecule has 0 bridgehead atoms. The fraction of sp³-hybridized carbons (Fsp3) is 0.733. The monoisotopic (exact) mass is 262 g/mol. The normalized spacial score (nSPS) is 20.0. The molecule has 1 saturated heterocycles. The van der Waals surface area contributed by atoms with Crippen molar-refractivity contribution in [1.82, 2.24) is 9.97 Å². The van der Waals surface area contributed by atoms with E-state index < -0.39 is 0 Å². The zero-order chi connectivity index (χ0) is 14.0. The third-order valence-electron chi connectivity index (χ3n) is 3.71. The van der Waals surface area contributed by atoms with Gasteiger partial charge in [-0.25, -0.2) is 9.97 Å². The van der Waals surface area contributed by atoms with E-state index >= 15 is 0 Å². The van der Waals surface area contributed by atoms with E-state index in [0.29, 0.717) is 5.82 Å². The van der Waals surface area contributed by atoms with E-state index in [2.05, 4.69) is 37.6 Å². The second-order valence-corrected chi connectivity index (χ2v) is 6.61. The molecule has 0 aromatic carbocycles. The standard InChI is InChI=1S/C15H26N4/c1-5-6-11-7-8-19(10-11)13-9-12(16)17-14(18-13)15(2,3)4/h9,11H,5-8,10H2,1-4H3,(H2,16,17,18). The molecule has 0 aliphatic carbocycles. The van der Waals surface area contributed by atoms with Crippen molar-refractivity contribution in [3.63, 3.8) is 0 Å². The first-order valence-corrected chi connectivity index (χ1v) is 7.30. The highest BCUT2D eigenvalue weighted by Crippen LogP contribution is 2.28. The van der Waals surface area contributed by atoms with Gasteiger partial charge in [0.05, 0.1) is 0 Å². The van der Waals surface area contributed by atoms with E-state index in [4.69, 9.17) is 10.7 Å². The average molecular weight is 262 g/mol. The number of hydrogen-bond acceptors (Lipinski definition) is 4. The Morgan fingerprint density at radius 3 is 2.74 bits per heavy atom. The molecule has 1 fully saturated rings. The first-order valence-electron chi connectivity index (χ1n) is 7.30. The van der Waals surface area contributed by atoms with Gasteiger partial charge in [-0.15, -0.1) is 0 Å². The molecule has 0 spiro atoms. The second-order valence-electron chi connectivity index (χ2n) is 6.61. The molecular formula is C15H26N4. The Morgan fingerprint density at radius 2 is 2.11 bits per heavy atom. The lowest BCUT2D eigenvalue weighted by atomic mass is 9.96. The maximum absolute atomic E-state index is 5.94. The number of aromatic nitrogens is 2. The first-order chi connectivity index (χ1) is 8.90. The molecule has 4 nitrogen and oxygen atoms in total. The number of anilines is 2. The van der Waals surface area contributed by atoms with Crippen LogP contribution in [0.5, 0.6) is 0 Å². The number of rotatable bonds is 3. The van der Waals surface area contributed by atoms with E-state index in [1.165, 1.54) is 19.3 Å². The van der Waals surface area contributed by atoms with Gasteiger partial charge in [0.15, 0.2) is 0 Å². The molecule has 19 heavy (non-hydrogen) atoms. The van der Waals surface area contributed by atoms with Crippen molar-refractivity contribution in [2.45, 2.75) is 52.4 Å². The summed E-state index contributed by atoms with van der Waals surface area (Å²) in [6.07, 6.45) is 3.84.